The Balaban J connectivity index is 2.40. The number of benzene rings is 1. The van der Waals surface area contributed by atoms with Gasteiger partial charge in [-0.3, -0.25) is 4.79 Å². The first-order chi connectivity index (χ1) is 7.59. The van der Waals surface area contributed by atoms with Gasteiger partial charge in [0.05, 0.1) is 0 Å². The number of fused-ring (bicyclic) bond motifs is 1. The van der Waals surface area contributed by atoms with Crippen LogP contribution in [-0.4, -0.2) is 12.5 Å². The number of amides is 1. The highest BCUT2D eigenvalue weighted by molar-refractivity contribution is 5.92. The van der Waals surface area contributed by atoms with Gasteiger partial charge in [-0.2, -0.15) is 0 Å². The molecule has 0 radical (unpaired) electrons. The van der Waals surface area contributed by atoms with E-state index in [4.69, 9.17) is 5.73 Å². The van der Waals surface area contributed by atoms with Gasteiger partial charge in [-0.25, -0.2) is 0 Å². The van der Waals surface area contributed by atoms with Gasteiger partial charge in [0.15, 0.2) is 0 Å². The van der Waals surface area contributed by atoms with Crippen molar-refractivity contribution in [3.05, 3.63) is 29.3 Å². The molecule has 2 N–H and O–H groups in total. The number of nitrogens with zero attached hydrogens (tertiary/aromatic N) is 1. The molecule has 0 bridgehead atoms. The summed E-state index contributed by atoms with van der Waals surface area (Å²) in [6, 6.07) is 6.23. The number of carbonyl (C=O) groups excluding carboxylic acids is 1. The molecule has 0 spiro atoms. The highest BCUT2D eigenvalue weighted by atomic mass is 16.2. The molecular weight excluding hydrogens is 200 g/mol. The Labute approximate surface area is 96.2 Å². The van der Waals surface area contributed by atoms with Gasteiger partial charge in [0.25, 0.3) is 0 Å². The number of hydrogen-bond acceptors (Lipinski definition) is 2. The number of anilines is 1. The van der Waals surface area contributed by atoms with Crippen LogP contribution in [0.2, 0.25) is 0 Å². The van der Waals surface area contributed by atoms with E-state index >= 15 is 0 Å². The maximum Gasteiger partial charge on any atom is 0.223 e. The van der Waals surface area contributed by atoms with Gasteiger partial charge in [0.2, 0.25) is 5.91 Å². The fourth-order valence-corrected chi connectivity index (χ4v) is 2.23. The largest absolute Gasteiger partial charge is 0.324 e. The van der Waals surface area contributed by atoms with E-state index in [2.05, 4.69) is 6.07 Å². The molecule has 16 heavy (non-hydrogen) atoms. The van der Waals surface area contributed by atoms with Crippen molar-refractivity contribution in [3.63, 3.8) is 0 Å². The van der Waals surface area contributed by atoms with Crippen molar-refractivity contribution in [1.29, 1.82) is 0 Å². The van der Waals surface area contributed by atoms with Gasteiger partial charge in [0, 0.05) is 25.2 Å². The monoisotopic (exact) mass is 218 g/mol. The molecule has 2 rings (SSSR count). The summed E-state index contributed by atoms with van der Waals surface area (Å²) < 4.78 is 0. The van der Waals surface area contributed by atoms with E-state index < -0.39 is 0 Å². The van der Waals surface area contributed by atoms with Crippen LogP contribution in [0.15, 0.2) is 18.2 Å². The average molecular weight is 218 g/mol. The van der Waals surface area contributed by atoms with Crippen LogP contribution < -0.4 is 10.6 Å². The zero-order chi connectivity index (χ0) is 11.7. The fourth-order valence-electron chi connectivity index (χ4n) is 2.23. The zero-order valence-electron chi connectivity index (χ0n) is 9.86. The normalized spacial score (nSPS) is 16.8. The summed E-state index contributed by atoms with van der Waals surface area (Å²) in [5.41, 5.74) is 9.31. The number of aryl methyl sites for hydroxylation is 1. The maximum atomic E-state index is 11.5. The van der Waals surface area contributed by atoms with Gasteiger partial charge in [-0.1, -0.05) is 12.1 Å². The molecule has 0 aromatic heterocycles. The van der Waals surface area contributed by atoms with Crippen LogP contribution in [0.4, 0.5) is 5.69 Å². The van der Waals surface area contributed by atoms with Gasteiger partial charge in [-0.15, -0.1) is 0 Å². The number of rotatable bonds is 1. The zero-order valence-corrected chi connectivity index (χ0v) is 9.86. The van der Waals surface area contributed by atoms with E-state index in [1.165, 1.54) is 5.56 Å². The van der Waals surface area contributed by atoms with E-state index in [9.17, 15) is 4.79 Å². The molecule has 1 aliphatic heterocycles. The number of hydrogen-bond donors (Lipinski definition) is 1. The first-order valence-corrected chi connectivity index (χ1v) is 5.76. The van der Waals surface area contributed by atoms with Crippen molar-refractivity contribution in [2.24, 2.45) is 5.73 Å². The lowest BCUT2D eigenvalue weighted by Crippen LogP contribution is -2.33. The molecule has 1 aromatic rings. The molecule has 1 amide bonds. The molecule has 0 aliphatic carbocycles. The van der Waals surface area contributed by atoms with E-state index in [-0.39, 0.29) is 11.9 Å². The summed E-state index contributed by atoms with van der Waals surface area (Å²) in [5.74, 6) is 0.120. The Morgan fingerprint density at radius 1 is 1.50 bits per heavy atom. The van der Waals surface area contributed by atoms with Gasteiger partial charge < -0.3 is 10.6 Å². The second-order valence-electron chi connectivity index (χ2n) is 4.45. The Hall–Kier alpha value is -1.35. The SMILES string of the molecule is CC(=O)N1CCCc2cc(C(C)N)ccc21. The van der Waals surface area contributed by atoms with Crippen molar-refractivity contribution in [2.45, 2.75) is 32.7 Å². The second kappa shape index (κ2) is 4.26. The summed E-state index contributed by atoms with van der Waals surface area (Å²) in [5, 5.41) is 0. The average Bonchev–Trinajstić information content (AvgIpc) is 2.27. The predicted octanol–water partition coefficient (Wildman–Crippen LogP) is 2.01. The van der Waals surface area contributed by atoms with Crippen LogP contribution >= 0.6 is 0 Å². The quantitative estimate of drug-likeness (QED) is 0.783. The molecule has 3 nitrogen and oxygen atoms in total. The van der Waals surface area contributed by atoms with E-state index in [1.807, 2.05) is 24.0 Å². The Bertz CT molecular complexity index is 412. The minimum Gasteiger partial charge on any atom is -0.324 e. The van der Waals surface area contributed by atoms with Crippen molar-refractivity contribution in [2.75, 3.05) is 11.4 Å². The van der Waals surface area contributed by atoms with Crippen LogP contribution in [0, 0.1) is 0 Å². The Morgan fingerprint density at radius 3 is 2.88 bits per heavy atom. The molecular formula is C13H18N2O. The first kappa shape index (κ1) is 11.1. The number of carbonyl (C=O) groups is 1. The molecule has 1 aromatic carbocycles. The number of nitrogens with two attached hydrogens (primary N) is 1. The summed E-state index contributed by atoms with van der Waals surface area (Å²) in [4.78, 5) is 13.3. The maximum absolute atomic E-state index is 11.5. The standard InChI is InChI=1S/C13H18N2O/c1-9(14)11-5-6-13-12(8-11)4-3-7-15(13)10(2)16/h5-6,8-9H,3-4,7,14H2,1-2H3. The predicted molar refractivity (Wildman–Crippen MR) is 65.4 cm³/mol. The highest BCUT2D eigenvalue weighted by Gasteiger charge is 2.20. The van der Waals surface area contributed by atoms with Gasteiger partial charge >= 0.3 is 0 Å². The van der Waals surface area contributed by atoms with Crippen LogP contribution in [0.25, 0.3) is 0 Å². The molecule has 0 saturated carbocycles. The van der Waals surface area contributed by atoms with E-state index in [0.29, 0.717) is 0 Å². The Kier molecular flexibility index (Phi) is 2.97. The van der Waals surface area contributed by atoms with Crippen LogP contribution in [-0.2, 0) is 11.2 Å². The summed E-state index contributed by atoms with van der Waals surface area (Å²) in [6.45, 7) is 4.43. The summed E-state index contributed by atoms with van der Waals surface area (Å²) in [6.07, 6.45) is 2.08. The minimum atomic E-state index is 0.0537. The van der Waals surface area contributed by atoms with Crippen LogP contribution in [0.3, 0.4) is 0 Å². The molecule has 1 heterocycles. The highest BCUT2D eigenvalue weighted by Crippen LogP contribution is 2.29. The molecule has 0 fully saturated rings. The first-order valence-electron chi connectivity index (χ1n) is 5.76. The summed E-state index contributed by atoms with van der Waals surface area (Å²) in [7, 11) is 0. The fraction of sp³-hybridized carbons (Fsp3) is 0.462. The van der Waals surface area contributed by atoms with Crippen LogP contribution in [0.5, 0.6) is 0 Å². The third kappa shape index (κ3) is 1.95. The molecule has 1 unspecified atom stereocenters. The lowest BCUT2D eigenvalue weighted by Gasteiger charge is -2.29. The lowest BCUT2D eigenvalue weighted by molar-refractivity contribution is -0.116. The van der Waals surface area contributed by atoms with Crippen molar-refractivity contribution in [1.82, 2.24) is 0 Å². The van der Waals surface area contributed by atoms with Crippen LogP contribution in [0.1, 0.15) is 37.4 Å². The minimum absolute atomic E-state index is 0.0537. The lowest BCUT2D eigenvalue weighted by atomic mass is 9.97. The molecule has 1 aliphatic rings. The van der Waals surface area contributed by atoms with Gasteiger partial charge in [0.1, 0.15) is 0 Å². The van der Waals surface area contributed by atoms with Gasteiger partial charge in [-0.05, 0) is 37.0 Å². The third-order valence-electron chi connectivity index (χ3n) is 3.13. The van der Waals surface area contributed by atoms with E-state index in [1.54, 1.807) is 6.92 Å². The van der Waals surface area contributed by atoms with Crippen molar-refractivity contribution in [3.8, 4) is 0 Å². The van der Waals surface area contributed by atoms with E-state index in [0.717, 1.165) is 30.6 Å². The Morgan fingerprint density at radius 2 is 2.25 bits per heavy atom. The molecule has 3 heteroatoms. The second-order valence-corrected chi connectivity index (χ2v) is 4.45. The molecule has 86 valence electrons. The van der Waals surface area contributed by atoms with Crippen molar-refractivity contribution >= 4 is 11.6 Å². The molecule has 1 atom stereocenters. The smallest absolute Gasteiger partial charge is 0.223 e. The third-order valence-corrected chi connectivity index (χ3v) is 3.13. The summed E-state index contributed by atoms with van der Waals surface area (Å²) >= 11 is 0. The topological polar surface area (TPSA) is 46.3 Å². The molecule has 0 saturated heterocycles. The van der Waals surface area contributed by atoms with Crippen molar-refractivity contribution < 1.29 is 4.79 Å².